The first-order valence-corrected chi connectivity index (χ1v) is 9.11. The summed E-state index contributed by atoms with van der Waals surface area (Å²) < 4.78 is 0. The zero-order valence-corrected chi connectivity index (χ0v) is 14.8. The van der Waals surface area contributed by atoms with Crippen LogP contribution in [0.15, 0.2) is 48.9 Å². The minimum absolute atomic E-state index is 0.128. The van der Waals surface area contributed by atoms with Crippen LogP contribution >= 0.6 is 0 Å². The van der Waals surface area contributed by atoms with Crippen molar-refractivity contribution in [3.8, 4) is 0 Å². The molecular weight excluding hydrogens is 312 g/mol. The third kappa shape index (κ3) is 4.56. The smallest absolute Gasteiger partial charge is 0.225 e. The fourth-order valence-corrected chi connectivity index (χ4v) is 3.40. The van der Waals surface area contributed by atoms with Gasteiger partial charge in [0.2, 0.25) is 5.91 Å². The monoisotopic (exact) mass is 338 g/mol. The van der Waals surface area contributed by atoms with E-state index in [1.165, 1.54) is 5.56 Å². The van der Waals surface area contributed by atoms with Crippen molar-refractivity contribution < 1.29 is 4.79 Å². The summed E-state index contributed by atoms with van der Waals surface area (Å²) in [5, 5.41) is 0. The standard InChI is InChI=1S/C20H26N4O/c1-2-23(13-8-17-6-4-3-5-7-17)20(25)18-9-14-24(15-10-18)19-16-21-11-12-22-19/h3-7,11-12,16,18H,2,8-10,13-15H2,1H3. The molecule has 1 amide bonds. The fourth-order valence-electron chi connectivity index (χ4n) is 3.40. The van der Waals surface area contributed by atoms with E-state index in [9.17, 15) is 4.79 Å². The van der Waals surface area contributed by atoms with Crippen LogP contribution in [0, 0.1) is 5.92 Å². The normalized spacial score (nSPS) is 15.2. The van der Waals surface area contributed by atoms with Gasteiger partial charge in [-0.05, 0) is 31.7 Å². The number of anilines is 1. The highest BCUT2D eigenvalue weighted by atomic mass is 16.2. The average molecular weight is 338 g/mol. The molecule has 0 N–H and O–H groups in total. The number of amides is 1. The highest BCUT2D eigenvalue weighted by Gasteiger charge is 2.28. The number of benzene rings is 1. The molecule has 2 heterocycles. The van der Waals surface area contributed by atoms with Crippen LogP contribution < -0.4 is 4.90 Å². The largest absolute Gasteiger partial charge is 0.355 e. The van der Waals surface area contributed by atoms with Gasteiger partial charge in [0.15, 0.2) is 0 Å². The van der Waals surface area contributed by atoms with Gasteiger partial charge >= 0.3 is 0 Å². The van der Waals surface area contributed by atoms with Crippen LogP contribution in [0.4, 0.5) is 5.82 Å². The molecule has 1 fully saturated rings. The van der Waals surface area contributed by atoms with E-state index in [2.05, 4.69) is 46.1 Å². The quantitative estimate of drug-likeness (QED) is 0.813. The molecule has 0 unspecified atom stereocenters. The minimum atomic E-state index is 0.128. The average Bonchev–Trinajstić information content (AvgIpc) is 2.70. The number of rotatable bonds is 6. The molecular formula is C20H26N4O. The summed E-state index contributed by atoms with van der Waals surface area (Å²) in [6.07, 6.45) is 7.88. The van der Waals surface area contributed by atoms with E-state index in [4.69, 9.17) is 0 Å². The van der Waals surface area contributed by atoms with Crippen molar-refractivity contribution in [1.82, 2.24) is 14.9 Å². The summed E-state index contributed by atoms with van der Waals surface area (Å²) in [4.78, 5) is 25.6. The van der Waals surface area contributed by atoms with Crippen LogP contribution in [0.1, 0.15) is 25.3 Å². The van der Waals surface area contributed by atoms with Gasteiger partial charge in [0, 0.05) is 44.5 Å². The number of nitrogens with zero attached hydrogens (tertiary/aromatic N) is 4. The highest BCUT2D eigenvalue weighted by molar-refractivity contribution is 5.79. The Bertz CT molecular complexity index is 654. The van der Waals surface area contributed by atoms with Crippen molar-refractivity contribution in [2.75, 3.05) is 31.1 Å². The molecule has 2 aromatic rings. The number of hydrogen-bond acceptors (Lipinski definition) is 4. The van der Waals surface area contributed by atoms with Gasteiger partial charge in [-0.3, -0.25) is 9.78 Å². The van der Waals surface area contributed by atoms with Gasteiger partial charge in [-0.25, -0.2) is 4.98 Å². The Morgan fingerprint density at radius 1 is 1.20 bits per heavy atom. The van der Waals surface area contributed by atoms with E-state index in [0.29, 0.717) is 5.91 Å². The number of piperidine rings is 1. The number of aromatic nitrogens is 2. The predicted molar refractivity (Wildman–Crippen MR) is 99.4 cm³/mol. The van der Waals surface area contributed by atoms with Gasteiger partial charge in [-0.2, -0.15) is 0 Å². The Morgan fingerprint density at radius 3 is 2.60 bits per heavy atom. The van der Waals surface area contributed by atoms with Crippen LogP contribution in [0.3, 0.4) is 0 Å². The van der Waals surface area contributed by atoms with E-state index in [0.717, 1.165) is 51.3 Å². The molecule has 25 heavy (non-hydrogen) atoms. The van der Waals surface area contributed by atoms with E-state index in [1.54, 1.807) is 18.6 Å². The molecule has 0 spiro atoms. The van der Waals surface area contributed by atoms with E-state index in [-0.39, 0.29) is 5.92 Å². The second-order valence-electron chi connectivity index (χ2n) is 6.48. The lowest BCUT2D eigenvalue weighted by molar-refractivity contribution is -0.136. The van der Waals surface area contributed by atoms with Crippen LogP contribution in [-0.4, -0.2) is 47.0 Å². The molecule has 1 aromatic carbocycles. The Labute approximate surface area is 149 Å². The Balaban J connectivity index is 1.52. The second kappa shape index (κ2) is 8.60. The van der Waals surface area contributed by atoms with Crippen LogP contribution in [-0.2, 0) is 11.2 Å². The Hall–Kier alpha value is -2.43. The van der Waals surface area contributed by atoms with E-state index in [1.807, 2.05) is 11.0 Å². The molecule has 1 aliphatic heterocycles. The lowest BCUT2D eigenvalue weighted by Crippen LogP contribution is -2.43. The highest BCUT2D eigenvalue weighted by Crippen LogP contribution is 2.23. The van der Waals surface area contributed by atoms with Crippen molar-refractivity contribution in [3.63, 3.8) is 0 Å². The molecule has 3 rings (SSSR count). The molecule has 5 heteroatoms. The fraction of sp³-hybridized carbons (Fsp3) is 0.450. The molecule has 0 atom stereocenters. The summed E-state index contributed by atoms with van der Waals surface area (Å²) in [7, 11) is 0. The van der Waals surface area contributed by atoms with Crippen molar-refractivity contribution in [1.29, 1.82) is 0 Å². The minimum Gasteiger partial charge on any atom is -0.355 e. The van der Waals surface area contributed by atoms with Crippen LogP contribution in [0.25, 0.3) is 0 Å². The van der Waals surface area contributed by atoms with E-state index >= 15 is 0 Å². The summed E-state index contributed by atoms with van der Waals surface area (Å²) in [6, 6.07) is 10.4. The number of carbonyl (C=O) groups excluding carboxylic acids is 1. The van der Waals surface area contributed by atoms with Crippen LogP contribution in [0.2, 0.25) is 0 Å². The molecule has 0 bridgehead atoms. The zero-order chi connectivity index (χ0) is 17.5. The Morgan fingerprint density at radius 2 is 1.96 bits per heavy atom. The molecule has 0 aliphatic carbocycles. The Kier molecular flexibility index (Phi) is 5.99. The second-order valence-corrected chi connectivity index (χ2v) is 6.48. The van der Waals surface area contributed by atoms with Gasteiger partial charge < -0.3 is 9.80 Å². The summed E-state index contributed by atoms with van der Waals surface area (Å²) in [6.45, 7) is 5.37. The number of likely N-dealkylation sites (N-methyl/N-ethyl adjacent to an activating group) is 1. The summed E-state index contributed by atoms with van der Waals surface area (Å²) in [5.41, 5.74) is 1.28. The predicted octanol–water partition coefficient (Wildman–Crippen LogP) is 2.78. The van der Waals surface area contributed by atoms with Crippen molar-refractivity contribution in [2.45, 2.75) is 26.2 Å². The van der Waals surface area contributed by atoms with Crippen molar-refractivity contribution in [2.24, 2.45) is 5.92 Å². The molecule has 1 aromatic heterocycles. The zero-order valence-electron chi connectivity index (χ0n) is 14.8. The SMILES string of the molecule is CCN(CCc1ccccc1)C(=O)C1CCN(c2cnccn2)CC1. The maximum Gasteiger partial charge on any atom is 0.225 e. The first-order chi connectivity index (χ1) is 12.3. The molecule has 1 aliphatic rings. The third-order valence-electron chi connectivity index (χ3n) is 4.92. The first kappa shape index (κ1) is 17.4. The van der Waals surface area contributed by atoms with Gasteiger partial charge in [-0.15, -0.1) is 0 Å². The maximum atomic E-state index is 12.9. The topological polar surface area (TPSA) is 49.3 Å². The van der Waals surface area contributed by atoms with E-state index < -0.39 is 0 Å². The third-order valence-corrected chi connectivity index (χ3v) is 4.92. The van der Waals surface area contributed by atoms with Gasteiger partial charge in [-0.1, -0.05) is 30.3 Å². The lowest BCUT2D eigenvalue weighted by Gasteiger charge is -2.34. The lowest BCUT2D eigenvalue weighted by atomic mass is 9.95. The molecule has 5 nitrogen and oxygen atoms in total. The van der Waals surface area contributed by atoms with Gasteiger partial charge in [0.1, 0.15) is 5.82 Å². The number of hydrogen-bond donors (Lipinski definition) is 0. The summed E-state index contributed by atoms with van der Waals surface area (Å²) in [5.74, 6) is 1.34. The molecule has 0 radical (unpaired) electrons. The molecule has 0 saturated carbocycles. The maximum absolute atomic E-state index is 12.9. The van der Waals surface area contributed by atoms with Crippen LogP contribution in [0.5, 0.6) is 0 Å². The van der Waals surface area contributed by atoms with Gasteiger partial charge in [0.05, 0.1) is 6.20 Å². The summed E-state index contributed by atoms with van der Waals surface area (Å²) >= 11 is 0. The molecule has 1 saturated heterocycles. The first-order valence-electron chi connectivity index (χ1n) is 9.11. The van der Waals surface area contributed by atoms with Crippen molar-refractivity contribution in [3.05, 3.63) is 54.5 Å². The number of carbonyl (C=O) groups is 1. The van der Waals surface area contributed by atoms with Gasteiger partial charge in [0.25, 0.3) is 0 Å². The van der Waals surface area contributed by atoms with Crippen molar-refractivity contribution >= 4 is 11.7 Å². The molecule has 132 valence electrons.